The van der Waals surface area contributed by atoms with E-state index >= 15 is 0 Å². The number of hydrogen-bond donors (Lipinski definition) is 2. The summed E-state index contributed by atoms with van der Waals surface area (Å²) >= 11 is 1.07. The Morgan fingerprint density at radius 2 is 1.79 bits per heavy atom. The molecule has 0 aliphatic rings. The molecule has 24 heavy (non-hydrogen) atoms. The summed E-state index contributed by atoms with van der Waals surface area (Å²) in [4.78, 5) is 34.5. The molecule has 0 atom stereocenters. The molecule has 0 unspecified atom stereocenters. The van der Waals surface area contributed by atoms with Gasteiger partial charge in [-0.05, 0) is 30.2 Å². The van der Waals surface area contributed by atoms with Gasteiger partial charge in [0.1, 0.15) is 5.82 Å². The van der Waals surface area contributed by atoms with Crippen molar-refractivity contribution in [2.45, 2.75) is 13.8 Å². The van der Waals surface area contributed by atoms with E-state index < -0.39 is 5.97 Å². The van der Waals surface area contributed by atoms with Crippen molar-refractivity contribution in [1.29, 1.82) is 0 Å². The van der Waals surface area contributed by atoms with E-state index in [1.54, 1.807) is 0 Å². The normalized spacial score (nSPS) is 10.3. The minimum atomic E-state index is -0.561. The Bertz CT molecular complexity index is 564. The van der Waals surface area contributed by atoms with Crippen molar-refractivity contribution < 1.29 is 23.5 Å². The Morgan fingerprint density at radius 3 is 2.42 bits per heavy atom. The number of carbonyl (C=O) groups is 3. The summed E-state index contributed by atoms with van der Waals surface area (Å²) in [5, 5.41) is 5.21. The molecule has 0 aliphatic heterocycles. The van der Waals surface area contributed by atoms with Crippen molar-refractivity contribution in [2.75, 3.05) is 30.0 Å². The Kier molecular flexibility index (Phi) is 8.85. The summed E-state index contributed by atoms with van der Waals surface area (Å²) in [5.74, 6) is -1.28. The maximum atomic E-state index is 12.7. The van der Waals surface area contributed by atoms with Crippen LogP contribution in [0.3, 0.4) is 0 Å². The Morgan fingerprint density at radius 1 is 1.12 bits per heavy atom. The van der Waals surface area contributed by atoms with E-state index in [4.69, 9.17) is 4.74 Å². The lowest BCUT2D eigenvalue weighted by molar-refractivity contribution is -0.145. The number of amides is 2. The summed E-state index contributed by atoms with van der Waals surface area (Å²) in [6, 6.07) is 5.37. The monoisotopic (exact) mass is 356 g/mol. The first-order chi connectivity index (χ1) is 11.4. The van der Waals surface area contributed by atoms with Crippen LogP contribution in [-0.2, 0) is 19.1 Å². The summed E-state index contributed by atoms with van der Waals surface area (Å²) in [6.45, 7) is 4.11. The zero-order valence-electron chi connectivity index (χ0n) is 13.6. The number of ether oxygens (including phenoxy) is 1. The third-order valence-electron chi connectivity index (χ3n) is 2.65. The van der Waals surface area contributed by atoms with Gasteiger partial charge in [0.2, 0.25) is 5.91 Å². The molecule has 0 bridgehead atoms. The fourth-order valence-corrected chi connectivity index (χ4v) is 2.12. The zero-order valence-corrected chi connectivity index (χ0v) is 14.5. The summed E-state index contributed by atoms with van der Waals surface area (Å²) in [5.41, 5.74) is 0.478. The number of halogens is 1. The lowest BCUT2D eigenvalue weighted by atomic mass is 10.2. The molecular weight excluding hydrogens is 335 g/mol. The summed E-state index contributed by atoms with van der Waals surface area (Å²) in [7, 11) is 0. The standard InChI is InChI=1S/C16H21FN2O4S/c1-11(2)7-18-14(20)8-23-16(22)10-24-9-15(21)19-13-5-3-12(17)4-6-13/h3-6,11H,7-10H2,1-2H3,(H,18,20)(H,19,21). The number of esters is 1. The predicted octanol–water partition coefficient (Wildman–Crippen LogP) is 1.81. The minimum Gasteiger partial charge on any atom is -0.455 e. The minimum absolute atomic E-state index is 0.0334. The van der Waals surface area contributed by atoms with E-state index in [-0.39, 0.29) is 35.7 Å². The molecule has 0 fully saturated rings. The molecule has 8 heteroatoms. The van der Waals surface area contributed by atoms with Gasteiger partial charge >= 0.3 is 5.97 Å². The van der Waals surface area contributed by atoms with Gasteiger partial charge < -0.3 is 15.4 Å². The van der Waals surface area contributed by atoms with Gasteiger partial charge in [-0.25, -0.2) is 4.39 Å². The highest BCUT2D eigenvalue weighted by molar-refractivity contribution is 8.00. The number of carbonyl (C=O) groups excluding carboxylic acids is 3. The molecule has 0 aliphatic carbocycles. The highest BCUT2D eigenvalue weighted by Crippen LogP contribution is 2.09. The summed E-state index contributed by atoms with van der Waals surface area (Å²) in [6.07, 6.45) is 0. The number of benzene rings is 1. The molecule has 6 nitrogen and oxygen atoms in total. The second-order valence-corrected chi connectivity index (χ2v) is 6.39. The third-order valence-corrected chi connectivity index (χ3v) is 3.56. The van der Waals surface area contributed by atoms with Crippen LogP contribution in [0.25, 0.3) is 0 Å². The van der Waals surface area contributed by atoms with Crippen molar-refractivity contribution >= 4 is 35.2 Å². The van der Waals surface area contributed by atoms with Crippen LogP contribution in [0, 0.1) is 11.7 Å². The van der Waals surface area contributed by atoms with Gasteiger partial charge in [0.15, 0.2) is 6.61 Å². The van der Waals surface area contributed by atoms with Crippen molar-refractivity contribution in [3.63, 3.8) is 0 Å². The van der Waals surface area contributed by atoms with Gasteiger partial charge in [-0.1, -0.05) is 13.8 Å². The van der Waals surface area contributed by atoms with Crippen LogP contribution in [0.1, 0.15) is 13.8 Å². The number of thioether (sulfide) groups is 1. The second-order valence-electron chi connectivity index (χ2n) is 5.41. The molecule has 1 aromatic rings. The number of nitrogens with one attached hydrogen (secondary N) is 2. The number of anilines is 1. The van der Waals surface area contributed by atoms with E-state index in [1.165, 1.54) is 24.3 Å². The van der Waals surface area contributed by atoms with Crippen LogP contribution in [0.5, 0.6) is 0 Å². The highest BCUT2D eigenvalue weighted by atomic mass is 32.2. The lowest BCUT2D eigenvalue weighted by Crippen LogP contribution is -2.31. The molecule has 2 N–H and O–H groups in total. The molecule has 132 valence electrons. The molecule has 0 saturated heterocycles. The Labute approximate surface area is 144 Å². The molecule has 1 aromatic carbocycles. The van der Waals surface area contributed by atoms with E-state index in [1.807, 2.05) is 13.8 Å². The predicted molar refractivity (Wildman–Crippen MR) is 91.2 cm³/mol. The van der Waals surface area contributed by atoms with E-state index in [0.29, 0.717) is 18.2 Å². The molecule has 0 radical (unpaired) electrons. The van der Waals surface area contributed by atoms with Gasteiger partial charge in [-0.2, -0.15) is 0 Å². The van der Waals surface area contributed by atoms with Gasteiger partial charge in [0.05, 0.1) is 11.5 Å². The zero-order chi connectivity index (χ0) is 17.9. The lowest BCUT2D eigenvalue weighted by Gasteiger charge is -2.08. The SMILES string of the molecule is CC(C)CNC(=O)COC(=O)CSCC(=O)Nc1ccc(F)cc1. The molecule has 0 saturated carbocycles. The molecule has 0 spiro atoms. The van der Waals surface area contributed by atoms with Gasteiger partial charge in [0.25, 0.3) is 5.91 Å². The Balaban J connectivity index is 2.15. The van der Waals surface area contributed by atoms with Gasteiger partial charge in [0, 0.05) is 12.2 Å². The molecule has 0 aromatic heterocycles. The average Bonchev–Trinajstić information content (AvgIpc) is 2.53. The van der Waals surface area contributed by atoms with Crippen LogP contribution >= 0.6 is 11.8 Å². The van der Waals surface area contributed by atoms with Crippen molar-refractivity contribution in [3.8, 4) is 0 Å². The van der Waals surface area contributed by atoms with E-state index in [0.717, 1.165) is 11.8 Å². The molecular formula is C16H21FN2O4S. The fourth-order valence-electron chi connectivity index (χ4n) is 1.51. The van der Waals surface area contributed by atoms with E-state index in [2.05, 4.69) is 10.6 Å². The number of hydrogen-bond acceptors (Lipinski definition) is 5. The number of rotatable bonds is 9. The Hall–Kier alpha value is -2.09. The molecule has 2 amide bonds. The third kappa shape index (κ3) is 9.14. The van der Waals surface area contributed by atoms with Crippen LogP contribution in [0.2, 0.25) is 0 Å². The van der Waals surface area contributed by atoms with Crippen LogP contribution in [-0.4, -0.2) is 42.4 Å². The second kappa shape index (κ2) is 10.6. The largest absolute Gasteiger partial charge is 0.455 e. The van der Waals surface area contributed by atoms with Crippen molar-refractivity contribution in [2.24, 2.45) is 5.92 Å². The van der Waals surface area contributed by atoms with Gasteiger partial charge in [-0.15, -0.1) is 11.8 Å². The maximum Gasteiger partial charge on any atom is 0.316 e. The molecule has 0 heterocycles. The molecule has 1 rings (SSSR count). The highest BCUT2D eigenvalue weighted by Gasteiger charge is 2.10. The van der Waals surface area contributed by atoms with Crippen LogP contribution in [0.15, 0.2) is 24.3 Å². The van der Waals surface area contributed by atoms with E-state index in [9.17, 15) is 18.8 Å². The summed E-state index contributed by atoms with van der Waals surface area (Å²) < 4.78 is 17.5. The van der Waals surface area contributed by atoms with Crippen molar-refractivity contribution in [3.05, 3.63) is 30.1 Å². The quantitative estimate of drug-likeness (QED) is 0.659. The maximum absolute atomic E-state index is 12.7. The first kappa shape index (κ1) is 20.0. The van der Waals surface area contributed by atoms with Crippen molar-refractivity contribution in [1.82, 2.24) is 5.32 Å². The first-order valence-corrected chi connectivity index (χ1v) is 8.57. The topological polar surface area (TPSA) is 84.5 Å². The average molecular weight is 356 g/mol. The fraction of sp³-hybridized carbons (Fsp3) is 0.438. The van der Waals surface area contributed by atoms with Crippen LogP contribution < -0.4 is 10.6 Å². The smallest absolute Gasteiger partial charge is 0.316 e. The van der Waals surface area contributed by atoms with Gasteiger partial charge in [-0.3, -0.25) is 14.4 Å². The first-order valence-electron chi connectivity index (χ1n) is 7.42. The van der Waals surface area contributed by atoms with Crippen LogP contribution in [0.4, 0.5) is 10.1 Å².